The molecule has 1 aromatic rings. The minimum Gasteiger partial charge on any atom is -0.392 e. The summed E-state index contributed by atoms with van der Waals surface area (Å²) in [6, 6.07) is 7.44. The normalized spacial score (nSPS) is 10.4. The molecule has 3 heteroatoms. The van der Waals surface area contributed by atoms with E-state index in [1.165, 1.54) is 6.92 Å². The Bertz CT molecular complexity index is 328. The maximum Gasteiger partial charge on any atom is 0.220 e. The average Bonchev–Trinajstić information content (AvgIpc) is 2.18. The number of benzene rings is 1. The van der Waals surface area contributed by atoms with Crippen molar-refractivity contribution in [1.29, 1.82) is 0 Å². The third kappa shape index (κ3) is 3.41. The number of nitrogens with one attached hydrogen (secondary N) is 1. The zero-order valence-electron chi connectivity index (χ0n) is 8.03. The van der Waals surface area contributed by atoms with Gasteiger partial charge in [0.05, 0.1) is 6.61 Å². The fraction of sp³-hybridized carbons (Fsp3) is 0.182. The lowest BCUT2D eigenvalue weighted by atomic mass is 10.1. The summed E-state index contributed by atoms with van der Waals surface area (Å²) in [6.07, 6.45) is 3.39. The Hall–Kier alpha value is -1.61. The Balaban J connectivity index is 2.59. The molecule has 0 spiro atoms. The van der Waals surface area contributed by atoms with Crippen molar-refractivity contribution in [2.24, 2.45) is 0 Å². The lowest BCUT2D eigenvalue weighted by Crippen LogP contribution is -2.10. The summed E-state index contributed by atoms with van der Waals surface area (Å²) in [6.45, 7) is 1.51. The van der Waals surface area contributed by atoms with Crippen LogP contribution in [0.4, 0.5) is 0 Å². The number of aliphatic hydroxyl groups is 1. The van der Waals surface area contributed by atoms with Crippen LogP contribution in [-0.4, -0.2) is 11.0 Å². The van der Waals surface area contributed by atoms with Crippen molar-refractivity contribution in [2.45, 2.75) is 13.5 Å². The molecule has 3 nitrogen and oxygen atoms in total. The summed E-state index contributed by atoms with van der Waals surface area (Å²) in [5.74, 6) is -0.0896. The van der Waals surface area contributed by atoms with Gasteiger partial charge in [-0.25, -0.2) is 0 Å². The first kappa shape index (κ1) is 10.5. The first-order valence-corrected chi connectivity index (χ1v) is 4.36. The van der Waals surface area contributed by atoms with E-state index in [1.54, 1.807) is 12.3 Å². The van der Waals surface area contributed by atoms with E-state index >= 15 is 0 Å². The molecule has 1 rings (SSSR count). The van der Waals surface area contributed by atoms with Crippen molar-refractivity contribution in [3.8, 4) is 0 Å². The van der Waals surface area contributed by atoms with E-state index in [4.69, 9.17) is 5.11 Å². The van der Waals surface area contributed by atoms with Gasteiger partial charge < -0.3 is 10.4 Å². The van der Waals surface area contributed by atoms with Crippen molar-refractivity contribution in [2.75, 3.05) is 0 Å². The number of aliphatic hydroxyl groups excluding tert-OH is 1. The molecule has 0 unspecified atom stereocenters. The molecular formula is C11H13NO2. The molecule has 1 aromatic carbocycles. The maximum absolute atomic E-state index is 10.5. The lowest BCUT2D eigenvalue weighted by molar-refractivity contribution is -0.118. The fourth-order valence-corrected chi connectivity index (χ4v) is 0.989. The molecule has 14 heavy (non-hydrogen) atoms. The molecule has 0 aliphatic heterocycles. The summed E-state index contributed by atoms with van der Waals surface area (Å²) >= 11 is 0. The Kier molecular flexibility index (Phi) is 3.88. The minimum atomic E-state index is -0.0896. The average molecular weight is 191 g/mol. The molecular weight excluding hydrogens is 178 g/mol. The third-order valence-electron chi connectivity index (χ3n) is 1.72. The predicted octanol–water partition coefficient (Wildman–Crippen LogP) is 1.29. The zero-order valence-corrected chi connectivity index (χ0v) is 8.03. The topological polar surface area (TPSA) is 49.3 Å². The highest BCUT2D eigenvalue weighted by Crippen LogP contribution is 2.05. The minimum absolute atomic E-state index is 0.0513. The van der Waals surface area contributed by atoms with E-state index in [2.05, 4.69) is 5.32 Å². The Morgan fingerprint density at radius 1 is 1.43 bits per heavy atom. The van der Waals surface area contributed by atoms with Gasteiger partial charge >= 0.3 is 0 Å². The van der Waals surface area contributed by atoms with E-state index in [0.29, 0.717) is 0 Å². The molecule has 0 saturated heterocycles. The number of hydrogen-bond donors (Lipinski definition) is 2. The molecule has 74 valence electrons. The van der Waals surface area contributed by atoms with E-state index in [0.717, 1.165) is 11.1 Å². The van der Waals surface area contributed by atoms with Crippen LogP contribution in [0.2, 0.25) is 0 Å². The zero-order chi connectivity index (χ0) is 10.4. The van der Waals surface area contributed by atoms with E-state index in [1.807, 2.05) is 24.3 Å². The lowest BCUT2D eigenvalue weighted by Gasteiger charge is -1.97. The molecule has 0 heterocycles. The van der Waals surface area contributed by atoms with E-state index < -0.39 is 0 Å². The molecule has 0 aliphatic rings. The summed E-state index contributed by atoms with van der Waals surface area (Å²) in [5.41, 5.74) is 1.86. The molecule has 0 aromatic heterocycles. The van der Waals surface area contributed by atoms with Crippen molar-refractivity contribution in [3.05, 3.63) is 41.6 Å². The predicted molar refractivity (Wildman–Crippen MR) is 55.2 cm³/mol. The number of carbonyl (C=O) groups excluding carboxylic acids is 1. The van der Waals surface area contributed by atoms with Gasteiger partial charge in [0.2, 0.25) is 5.91 Å². The van der Waals surface area contributed by atoms with Crippen LogP contribution in [0.1, 0.15) is 18.1 Å². The molecule has 0 saturated carbocycles. The SMILES string of the molecule is CC(=O)NC=Cc1ccc(CO)cc1. The second-order valence-electron chi connectivity index (χ2n) is 2.93. The smallest absolute Gasteiger partial charge is 0.220 e. The van der Waals surface area contributed by atoms with Crippen LogP contribution >= 0.6 is 0 Å². The second kappa shape index (κ2) is 5.19. The standard InChI is InChI=1S/C11H13NO2/c1-9(14)12-7-6-10-2-4-11(8-13)5-3-10/h2-7,13H,8H2,1H3,(H,12,14). The van der Waals surface area contributed by atoms with Crippen LogP contribution in [0.3, 0.4) is 0 Å². The summed E-state index contributed by atoms with van der Waals surface area (Å²) < 4.78 is 0. The molecule has 2 N–H and O–H groups in total. The van der Waals surface area contributed by atoms with Crippen LogP contribution < -0.4 is 5.32 Å². The summed E-state index contributed by atoms with van der Waals surface area (Å²) in [7, 11) is 0. The molecule has 1 amide bonds. The van der Waals surface area contributed by atoms with Gasteiger partial charge in [0.1, 0.15) is 0 Å². The molecule has 0 aliphatic carbocycles. The van der Waals surface area contributed by atoms with Gasteiger partial charge in [0, 0.05) is 13.1 Å². The van der Waals surface area contributed by atoms with Gasteiger partial charge in [-0.1, -0.05) is 24.3 Å². The largest absolute Gasteiger partial charge is 0.392 e. The van der Waals surface area contributed by atoms with Crippen LogP contribution in [-0.2, 0) is 11.4 Å². The molecule has 0 radical (unpaired) electrons. The maximum atomic E-state index is 10.5. The summed E-state index contributed by atoms with van der Waals surface area (Å²) in [4.78, 5) is 10.5. The quantitative estimate of drug-likeness (QED) is 0.756. The van der Waals surface area contributed by atoms with Crippen LogP contribution in [0, 0.1) is 0 Å². The van der Waals surface area contributed by atoms with Gasteiger partial charge in [-0.2, -0.15) is 0 Å². The number of amides is 1. The number of hydrogen-bond acceptors (Lipinski definition) is 2. The Morgan fingerprint density at radius 3 is 2.57 bits per heavy atom. The highest BCUT2D eigenvalue weighted by Gasteiger charge is 1.89. The van der Waals surface area contributed by atoms with Crippen molar-refractivity contribution in [1.82, 2.24) is 5.32 Å². The number of rotatable bonds is 3. The highest BCUT2D eigenvalue weighted by molar-refractivity contribution is 5.74. The van der Waals surface area contributed by atoms with Crippen LogP contribution in [0.5, 0.6) is 0 Å². The molecule has 0 atom stereocenters. The van der Waals surface area contributed by atoms with Gasteiger partial charge in [-0.3, -0.25) is 4.79 Å². The van der Waals surface area contributed by atoms with Crippen LogP contribution in [0.25, 0.3) is 6.08 Å². The fourth-order valence-electron chi connectivity index (χ4n) is 0.989. The highest BCUT2D eigenvalue weighted by atomic mass is 16.3. The van der Waals surface area contributed by atoms with Crippen molar-refractivity contribution in [3.63, 3.8) is 0 Å². The number of carbonyl (C=O) groups is 1. The molecule has 0 bridgehead atoms. The van der Waals surface area contributed by atoms with Gasteiger partial charge in [0.25, 0.3) is 0 Å². The summed E-state index contributed by atoms with van der Waals surface area (Å²) in [5, 5.41) is 11.4. The van der Waals surface area contributed by atoms with E-state index in [9.17, 15) is 4.79 Å². The third-order valence-corrected chi connectivity index (χ3v) is 1.72. The monoisotopic (exact) mass is 191 g/mol. The Labute approximate surface area is 83.1 Å². The van der Waals surface area contributed by atoms with Gasteiger partial charge in [0.15, 0.2) is 0 Å². The Morgan fingerprint density at radius 2 is 2.07 bits per heavy atom. The van der Waals surface area contributed by atoms with Crippen molar-refractivity contribution >= 4 is 12.0 Å². The first-order chi connectivity index (χ1) is 6.72. The second-order valence-corrected chi connectivity index (χ2v) is 2.93. The molecule has 0 fully saturated rings. The van der Waals surface area contributed by atoms with E-state index in [-0.39, 0.29) is 12.5 Å². The first-order valence-electron chi connectivity index (χ1n) is 4.36. The van der Waals surface area contributed by atoms with Gasteiger partial charge in [-0.05, 0) is 17.2 Å². The van der Waals surface area contributed by atoms with Gasteiger partial charge in [-0.15, -0.1) is 0 Å². The van der Waals surface area contributed by atoms with Crippen molar-refractivity contribution < 1.29 is 9.90 Å². The van der Waals surface area contributed by atoms with Crippen LogP contribution in [0.15, 0.2) is 30.5 Å².